The first-order chi connectivity index (χ1) is 7.89. The molecule has 2 fully saturated rings. The van der Waals surface area contributed by atoms with Crippen molar-refractivity contribution in [2.45, 2.75) is 51.7 Å². The van der Waals surface area contributed by atoms with Gasteiger partial charge in [0.1, 0.15) is 5.60 Å². The lowest BCUT2D eigenvalue weighted by Crippen LogP contribution is -2.27. The van der Waals surface area contributed by atoms with E-state index in [1.807, 2.05) is 20.8 Å². The highest BCUT2D eigenvalue weighted by atomic mass is 16.6. The van der Waals surface area contributed by atoms with Crippen LogP contribution >= 0.6 is 0 Å². The Labute approximate surface area is 103 Å². The van der Waals surface area contributed by atoms with Crippen molar-refractivity contribution in [2.75, 3.05) is 19.7 Å². The van der Waals surface area contributed by atoms with Crippen LogP contribution in [0, 0.1) is 5.41 Å². The van der Waals surface area contributed by atoms with Gasteiger partial charge in [0.15, 0.2) is 0 Å². The van der Waals surface area contributed by atoms with E-state index in [4.69, 9.17) is 9.47 Å². The monoisotopic (exact) mass is 241 g/mol. The Morgan fingerprint density at radius 1 is 1.53 bits per heavy atom. The van der Waals surface area contributed by atoms with Crippen LogP contribution in [0.1, 0.15) is 40.0 Å². The number of carbonyl (C=O) groups is 1. The molecule has 2 atom stereocenters. The van der Waals surface area contributed by atoms with Crippen LogP contribution in [-0.2, 0) is 14.3 Å². The normalized spacial score (nSPS) is 33.2. The molecule has 2 aliphatic rings. The molecule has 2 heterocycles. The van der Waals surface area contributed by atoms with Gasteiger partial charge in [-0.15, -0.1) is 0 Å². The van der Waals surface area contributed by atoms with Gasteiger partial charge in [-0.1, -0.05) is 0 Å². The van der Waals surface area contributed by atoms with E-state index >= 15 is 0 Å². The Balaban J connectivity index is 1.79. The molecule has 4 nitrogen and oxygen atoms in total. The molecule has 0 radical (unpaired) electrons. The summed E-state index contributed by atoms with van der Waals surface area (Å²) in [6.07, 6.45) is 2.58. The van der Waals surface area contributed by atoms with Crippen LogP contribution in [-0.4, -0.2) is 37.4 Å². The average molecular weight is 241 g/mol. The number of ether oxygens (including phenoxy) is 2. The van der Waals surface area contributed by atoms with Gasteiger partial charge < -0.3 is 14.8 Å². The Bertz CT molecular complexity index is 290. The van der Waals surface area contributed by atoms with Gasteiger partial charge in [-0.25, -0.2) is 0 Å². The van der Waals surface area contributed by atoms with Gasteiger partial charge in [-0.2, -0.15) is 0 Å². The molecule has 0 aliphatic carbocycles. The van der Waals surface area contributed by atoms with Crippen molar-refractivity contribution in [3.8, 4) is 0 Å². The third-order valence-corrected chi connectivity index (χ3v) is 3.43. The maximum Gasteiger partial charge on any atom is 0.308 e. The standard InChI is InChI=1S/C13H23NO3/c1-12(2,3)17-11(15)6-10-7-13(9-16-10)4-5-14-8-13/h10,14H,4-9H2,1-3H3/t10-,13-/m1/s1. The van der Waals surface area contributed by atoms with Gasteiger partial charge >= 0.3 is 5.97 Å². The number of nitrogens with one attached hydrogen (secondary N) is 1. The Morgan fingerprint density at radius 3 is 2.88 bits per heavy atom. The molecule has 0 aromatic rings. The highest BCUT2D eigenvalue weighted by Crippen LogP contribution is 2.39. The van der Waals surface area contributed by atoms with Crippen LogP contribution < -0.4 is 5.32 Å². The minimum Gasteiger partial charge on any atom is -0.460 e. The van der Waals surface area contributed by atoms with Crippen LogP contribution in [0.5, 0.6) is 0 Å². The zero-order chi connectivity index (χ0) is 12.5. The van der Waals surface area contributed by atoms with Crippen LogP contribution in [0.15, 0.2) is 0 Å². The molecule has 0 amide bonds. The van der Waals surface area contributed by atoms with E-state index in [9.17, 15) is 4.79 Å². The molecule has 1 spiro atoms. The second-order valence-electron chi connectivity index (χ2n) is 6.35. The first kappa shape index (κ1) is 12.8. The lowest BCUT2D eigenvalue weighted by Gasteiger charge is -2.21. The lowest BCUT2D eigenvalue weighted by atomic mass is 9.84. The molecule has 17 heavy (non-hydrogen) atoms. The Morgan fingerprint density at radius 2 is 2.29 bits per heavy atom. The molecule has 2 rings (SSSR count). The zero-order valence-corrected chi connectivity index (χ0v) is 11.0. The fraction of sp³-hybridized carbons (Fsp3) is 0.923. The summed E-state index contributed by atoms with van der Waals surface area (Å²) in [4.78, 5) is 11.7. The predicted octanol–water partition coefficient (Wildman–Crippen LogP) is 1.49. The number of hydrogen-bond acceptors (Lipinski definition) is 4. The van der Waals surface area contributed by atoms with Crippen molar-refractivity contribution in [3.05, 3.63) is 0 Å². The van der Waals surface area contributed by atoms with E-state index in [1.165, 1.54) is 0 Å². The summed E-state index contributed by atoms with van der Waals surface area (Å²) < 4.78 is 11.1. The van der Waals surface area contributed by atoms with Gasteiger partial charge in [-0.3, -0.25) is 4.79 Å². The second-order valence-corrected chi connectivity index (χ2v) is 6.35. The van der Waals surface area contributed by atoms with E-state index in [0.29, 0.717) is 6.42 Å². The largest absolute Gasteiger partial charge is 0.460 e. The first-order valence-electron chi connectivity index (χ1n) is 6.43. The molecule has 0 saturated carbocycles. The number of hydrogen-bond donors (Lipinski definition) is 1. The topological polar surface area (TPSA) is 47.6 Å². The summed E-state index contributed by atoms with van der Waals surface area (Å²) in [5, 5.41) is 3.37. The average Bonchev–Trinajstić information content (AvgIpc) is 2.75. The summed E-state index contributed by atoms with van der Waals surface area (Å²) in [7, 11) is 0. The summed E-state index contributed by atoms with van der Waals surface area (Å²) in [5.74, 6) is -0.148. The molecule has 4 heteroatoms. The minimum absolute atomic E-state index is 0.0461. The Hall–Kier alpha value is -0.610. The fourth-order valence-electron chi connectivity index (χ4n) is 2.69. The van der Waals surface area contributed by atoms with Crippen molar-refractivity contribution in [1.82, 2.24) is 5.32 Å². The molecule has 1 N–H and O–H groups in total. The van der Waals surface area contributed by atoms with E-state index in [-0.39, 0.29) is 17.5 Å². The van der Waals surface area contributed by atoms with E-state index < -0.39 is 5.60 Å². The highest BCUT2D eigenvalue weighted by Gasteiger charge is 2.43. The lowest BCUT2D eigenvalue weighted by molar-refractivity contribution is -0.157. The van der Waals surface area contributed by atoms with E-state index in [0.717, 1.165) is 32.5 Å². The maximum atomic E-state index is 11.7. The van der Waals surface area contributed by atoms with Crippen LogP contribution in [0.4, 0.5) is 0 Å². The van der Waals surface area contributed by atoms with Crippen molar-refractivity contribution in [1.29, 1.82) is 0 Å². The molecule has 0 aromatic heterocycles. The van der Waals surface area contributed by atoms with Gasteiger partial charge in [0, 0.05) is 12.0 Å². The van der Waals surface area contributed by atoms with E-state index in [1.54, 1.807) is 0 Å². The van der Waals surface area contributed by atoms with Crippen LogP contribution in [0.25, 0.3) is 0 Å². The Kier molecular flexibility index (Phi) is 3.46. The van der Waals surface area contributed by atoms with Gasteiger partial charge in [-0.05, 0) is 40.2 Å². The van der Waals surface area contributed by atoms with E-state index in [2.05, 4.69) is 5.32 Å². The molecular formula is C13H23NO3. The van der Waals surface area contributed by atoms with Crippen molar-refractivity contribution >= 4 is 5.97 Å². The predicted molar refractivity (Wildman–Crippen MR) is 64.7 cm³/mol. The smallest absolute Gasteiger partial charge is 0.308 e. The summed E-state index contributed by atoms with van der Waals surface area (Å²) in [6.45, 7) is 8.56. The number of rotatable bonds is 2. The molecule has 98 valence electrons. The molecule has 0 unspecified atom stereocenters. The molecule has 2 saturated heterocycles. The second kappa shape index (κ2) is 4.58. The molecular weight excluding hydrogens is 218 g/mol. The van der Waals surface area contributed by atoms with Crippen LogP contribution in [0.3, 0.4) is 0 Å². The molecule has 2 aliphatic heterocycles. The van der Waals surface area contributed by atoms with Gasteiger partial charge in [0.2, 0.25) is 0 Å². The van der Waals surface area contributed by atoms with Crippen molar-refractivity contribution < 1.29 is 14.3 Å². The molecule has 0 aromatic carbocycles. The van der Waals surface area contributed by atoms with Crippen molar-refractivity contribution in [2.24, 2.45) is 5.41 Å². The third kappa shape index (κ3) is 3.42. The quantitative estimate of drug-likeness (QED) is 0.744. The van der Waals surface area contributed by atoms with Crippen LogP contribution in [0.2, 0.25) is 0 Å². The molecule has 0 bridgehead atoms. The SMILES string of the molecule is CC(C)(C)OC(=O)C[C@@H]1C[C@@]2(CCNC2)CO1. The zero-order valence-electron chi connectivity index (χ0n) is 11.0. The maximum absolute atomic E-state index is 11.7. The number of carbonyl (C=O) groups excluding carboxylic acids is 1. The van der Waals surface area contributed by atoms with Gasteiger partial charge in [0.25, 0.3) is 0 Å². The van der Waals surface area contributed by atoms with Gasteiger partial charge in [0.05, 0.1) is 19.1 Å². The minimum atomic E-state index is -0.401. The first-order valence-corrected chi connectivity index (χ1v) is 6.43. The summed E-state index contributed by atoms with van der Waals surface area (Å²) in [5.41, 5.74) is -0.116. The highest BCUT2D eigenvalue weighted by molar-refractivity contribution is 5.70. The summed E-state index contributed by atoms with van der Waals surface area (Å²) in [6, 6.07) is 0. The van der Waals surface area contributed by atoms with Crippen molar-refractivity contribution in [3.63, 3.8) is 0 Å². The fourth-order valence-corrected chi connectivity index (χ4v) is 2.69. The summed E-state index contributed by atoms with van der Waals surface area (Å²) >= 11 is 0. The third-order valence-electron chi connectivity index (χ3n) is 3.43. The number of esters is 1.